The SMILES string of the molecule is CCOC(=O)c1ccc2c(c1)nc(SCc1ccccc1Br)n2Cc1ccco1. The van der Waals surface area contributed by atoms with Gasteiger partial charge in [0.15, 0.2) is 5.16 Å². The lowest BCUT2D eigenvalue weighted by atomic mass is 10.2. The van der Waals surface area contributed by atoms with Crippen LogP contribution < -0.4 is 0 Å². The lowest BCUT2D eigenvalue weighted by molar-refractivity contribution is 0.0526. The molecule has 0 aliphatic heterocycles. The van der Waals surface area contributed by atoms with E-state index in [1.807, 2.05) is 36.4 Å². The summed E-state index contributed by atoms with van der Waals surface area (Å²) >= 11 is 5.26. The molecule has 0 atom stereocenters. The Labute approximate surface area is 181 Å². The van der Waals surface area contributed by atoms with Crippen LogP contribution in [0.5, 0.6) is 0 Å². The Hall–Kier alpha value is -2.51. The fourth-order valence-corrected chi connectivity index (χ4v) is 4.66. The summed E-state index contributed by atoms with van der Waals surface area (Å²) in [6, 6.07) is 17.5. The van der Waals surface area contributed by atoms with Gasteiger partial charge in [0.1, 0.15) is 5.76 Å². The van der Waals surface area contributed by atoms with Crippen LogP contribution in [0.1, 0.15) is 28.6 Å². The Morgan fingerprint density at radius 3 is 2.83 bits per heavy atom. The fraction of sp³-hybridized carbons (Fsp3) is 0.182. The van der Waals surface area contributed by atoms with Gasteiger partial charge in [-0.05, 0) is 48.9 Å². The van der Waals surface area contributed by atoms with Gasteiger partial charge in [0, 0.05) is 10.2 Å². The van der Waals surface area contributed by atoms with Crippen molar-refractivity contribution in [1.82, 2.24) is 9.55 Å². The molecule has 0 fully saturated rings. The highest BCUT2D eigenvalue weighted by atomic mass is 79.9. The van der Waals surface area contributed by atoms with Crippen LogP contribution in [0.15, 0.2) is 74.9 Å². The topological polar surface area (TPSA) is 57.3 Å². The van der Waals surface area contributed by atoms with E-state index >= 15 is 0 Å². The normalized spacial score (nSPS) is 11.1. The van der Waals surface area contributed by atoms with Crippen molar-refractivity contribution in [3.63, 3.8) is 0 Å². The molecule has 0 saturated heterocycles. The predicted molar refractivity (Wildman–Crippen MR) is 117 cm³/mol. The zero-order valence-electron chi connectivity index (χ0n) is 15.8. The Balaban J connectivity index is 1.70. The Kier molecular flexibility index (Phi) is 6.06. The van der Waals surface area contributed by atoms with Crippen molar-refractivity contribution in [2.75, 3.05) is 6.61 Å². The number of rotatable bonds is 7. The maximum atomic E-state index is 12.1. The number of carbonyl (C=O) groups excluding carboxylic acids is 1. The van der Waals surface area contributed by atoms with Crippen LogP contribution in [0.25, 0.3) is 11.0 Å². The molecular formula is C22H19BrN2O3S. The van der Waals surface area contributed by atoms with Crippen LogP contribution in [0.3, 0.4) is 0 Å². The monoisotopic (exact) mass is 470 g/mol. The third-order valence-electron chi connectivity index (χ3n) is 4.43. The first-order valence-corrected chi connectivity index (χ1v) is 11.0. The van der Waals surface area contributed by atoms with Gasteiger partial charge in [-0.3, -0.25) is 0 Å². The van der Waals surface area contributed by atoms with Gasteiger partial charge in [-0.25, -0.2) is 9.78 Å². The third kappa shape index (κ3) is 4.41. The van der Waals surface area contributed by atoms with Crippen LogP contribution in [0.4, 0.5) is 0 Å². The van der Waals surface area contributed by atoms with Crippen LogP contribution in [-0.4, -0.2) is 22.1 Å². The number of furan rings is 1. The third-order valence-corrected chi connectivity index (χ3v) is 6.23. The molecule has 0 N–H and O–H groups in total. The van der Waals surface area contributed by atoms with Crippen molar-refractivity contribution >= 4 is 44.7 Å². The number of nitrogens with zero attached hydrogens (tertiary/aromatic N) is 2. The van der Waals surface area contributed by atoms with Crippen LogP contribution >= 0.6 is 27.7 Å². The van der Waals surface area contributed by atoms with Crippen LogP contribution in [0.2, 0.25) is 0 Å². The van der Waals surface area contributed by atoms with Crippen molar-refractivity contribution in [1.29, 1.82) is 0 Å². The zero-order valence-corrected chi connectivity index (χ0v) is 18.2. The maximum absolute atomic E-state index is 12.1. The Morgan fingerprint density at radius 2 is 2.07 bits per heavy atom. The number of imidazole rings is 1. The number of halogens is 1. The average Bonchev–Trinajstić information content (AvgIpc) is 3.35. The highest BCUT2D eigenvalue weighted by Crippen LogP contribution is 2.30. The number of aromatic nitrogens is 2. The first-order valence-electron chi connectivity index (χ1n) is 9.21. The highest BCUT2D eigenvalue weighted by Gasteiger charge is 2.16. The number of benzene rings is 2. The molecule has 2 aromatic carbocycles. The molecule has 148 valence electrons. The first kappa shape index (κ1) is 19.8. The molecular weight excluding hydrogens is 452 g/mol. The summed E-state index contributed by atoms with van der Waals surface area (Å²) in [7, 11) is 0. The van der Waals surface area contributed by atoms with Crippen molar-refractivity contribution in [2.45, 2.75) is 24.4 Å². The molecule has 0 bridgehead atoms. The summed E-state index contributed by atoms with van der Waals surface area (Å²) in [4.78, 5) is 16.9. The summed E-state index contributed by atoms with van der Waals surface area (Å²) in [5, 5.41) is 0.869. The molecule has 4 rings (SSSR count). The molecule has 29 heavy (non-hydrogen) atoms. The van der Waals surface area contributed by atoms with Gasteiger partial charge in [-0.2, -0.15) is 0 Å². The van der Waals surface area contributed by atoms with E-state index in [4.69, 9.17) is 14.1 Å². The smallest absolute Gasteiger partial charge is 0.338 e. The summed E-state index contributed by atoms with van der Waals surface area (Å²) in [6.07, 6.45) is 1.67. The van der Waals surface area contributed by atoms with Gasteiger partial charge < -0.3 is 13.7 Å². The average molecular weight is 471 g/mol. The molecule has 0 unspecified atom stereocenters. The van der Waals surface area contributed by atoms with Gasteiger partial charge >= 0.3 is 5.97 Å². The molecule has 0 aliphatic carbocycles. The van der Waals surface area contributed by atoms with E-state index in [0.29, 0.717) is 18.7 Å². The van der Waals surface area contributed by atoms with Crippen molar-refractivity contribution < 1.29 is 13.9 Å². The summed E-state index contributed by atoms with van der Waals surface area (Å²) in [6.45, 7) is 2.71. The summed E-state index contributed by atoms with van der Waals surface area (Å²) in [5.74, 6) is 1.28. The minimum absolute atomic E-state index is 0.336. The number of carbonyl (C=O) groups is 1. The first-order chi connectivity index (χ1) is 14.2. The highest BCUT2D eigenvalue weighted by molar-refractivity contribution is 9.10. The summed E-state index contributed by atoms with van der Waals surface area (Å²) < 4.78 is 13.9. The lowest BCUT2D eigenvalue weighted by Gasteiger charge is -2.08. The number of hydrogen-bond acceptors (Lipinski definition) is 5. The largest absolute Gasteiger partial charge is 0.467 e. The molecule has 2 aromatic heterocycles. The molecule has 0 aliphatic rings. The molecule has 0 spiro atoms. The number of thioether (sulfide) groups is 1. The number of ether oxygens (including phenoxy) is 1. The second kappa shape index (κ2) is 8.88. The van der Waals surface area contributed by atoms with E-state index in [1.165, 1.54) is 5.56 Å². The van der Waals surface area contributed by atoms with Gasteiger partial charge in [-0.15, -0.1) is 0 Å². The standard InChI is InChI=1S/C22H19BrN2O3S/c1-2-27-21(26)15-9-10-20-19(12-15)24-22(25(20)13-17-7-5-11-28-17)29-14-16-6-3-4-8-18(16)23/h3-12H,2,13-14H2,1H3. The van der Waals surface area contributed by atoms with Gasteiger partial charge in [0.05, 0.1) is 36.0 Å². The molecule has 4 aromatic rings. The van der Waals surface area contributed by atoms with Gasteiger partial charge in [-0.1, -0.05) is 45.9 Å². The molecule has 0 radical (unpaired) electrons. The Bertz CT molecular complexity index is 1140. The van der Waals surface area contributed by atoms with E-state index in [-0.39, 0.29) is 5.97 Å². The molecule has 0 saturated carbocycles. The van der Waals surface area contributed by atoms with E-state index in [0.717, 1.165) is 32.2 Å². The molecule has 0 amide bonds. The molecule has 2 heterocycles. The summed E-state index contributed by atoms with van der Waals surface area (Å²) in [5.41, 5.74) is 3.41. The maximum Gasteiger partial charge on any atom is 0.338 e. The van der Waals surface area contributed by atoms with Crippen LogP contribution in [0, 0.1) is 0 Å². The number of esters is 1. The van der Waals surface area contributed by atoms with Gasteiger partial charge in [0.2, 0.25) is 0 Å². The Morgan fingerprint density at radius 1 is 1.21 bits per heavy atom. The molecule has 5 nitrogen and oxygen atoms in total. The zero-order chi connectivity index (χ0) is 20.2. The van der Waals surface area contributed by atoms with Gasteiger partial charge in [0.25, 0.3) is 0 Å². The van der Waals surface area contributed by atoms with Crippen molar-refractivity contribution in [3.05, 3.63) is 82.2 Å². The van der Waals surface area contributed by atoms with E-state index < -0.39 is 0 Å². The fourth-order valence-electron chi connectivity index (χ4n) is 3.03. The number of fused-ring (bicyclic) bond motifs is 1. The predicted octanol–water partition coefficient (Wildman–Crippen LogP) is 5.91. The number of hydrogen-bond donors (Lipinski definition) is 0. The second-order valence-corrected chi connectivity index (χ2v) is 8.16. The second-order valence-electron chi connectivity index (χ2n) is 6.36. The minimum Gasteiger partial charge on any atom is -0.467 e. The quantitative estimate of drug-likeness (QED) is 0.248. The van der Waals surface area contributed by atoms with Crippen molar-refractivity contribution in [3.8, 4) is 0 Å². The lowest BCUT2D eigenvalue weighted by Crippen LogP contribution is -2.04. The molecule has 7 heteroatoms. The van der Waals surface area contributed by atoms with E-state index in [1.54, 1.807) is 37.1 Å². The van der Waals surface area contributed by atoms with E-state index in [2.05, 4.69) is 26.6 Å². The minimum atomic E-state index is -0.336. The van der Waals surface area contributed by atoms with Crippen LogP contribution in [-0.2, 0) is 17.0 Å². The van der Waals surface area contributed by atoms with E-state index in [9.17, 15) is 4.79 Å². The van der Waals surface area contributed by atoms with Crippen molar-refractivity contribution in [2.24, 2.45) is 0 Å².